The van der Waals surface area contributed by atoms with Gasteiger partial charge in [0.05, 0.1) is 17.4 Å². The van der Waals surface area contributed by atoms with Crippen LogP contribution >= 0.6 is 15.9 Å². The fourth-order valence-corrected chi connectivity index (χ4v) is 2.27. The van der Waals surface area contributed by atoms with Crippen LogP contribution in [0.2, 0.25) is 0 Å². The summed E-state index contributed by atoms with van der Waals surface area (Å²) in [5, 5.41) is 0. The summed E-state index contributed by atoms with van der Waals surface area (Å²) in [4.78, 5) is 25.3. The van der Waals surface area contributed by atoms with Crippen LogP contribution in [0.15, 0.2) is 47.3 Å². The minimum atomic E-state index is -0.118. The largest absolute Gasteiger partial charge is 0.345 e. The monoisotopic (exact) mass is 330 g/mol. The number of halogens is 1. The third-order valence-corrected chi connectivity index (χ3v) is 3.52. The maximum absolute atomic E-state index is 12.5. The molecule has 0 aliphatic heterocycles. The predicted molar refractivity (Wildman–Crippen MR) is 80.8 cm³/mol. The molecule has 0 radical (unpaired) electrons. The Morgan fingerprint density at radius 3 is 2.90 bits per heavy atom. The third-order valence-electron chi connectivity index (χ3n) is 3.02. The van der Waals surface area contributed by atoms with Crippen LogP contribution in [-0.4, -0.2) is 27.9 Å². The van der Waals surface area contributed by atoms with Gasteiger partial charge in [0.15, 0.2) is 0 Å². The number of pyridine rings is 1. The number of nitrogens with one attached hydrogen (secondary N) is 1. The summed E-state index contributed by atoms with van der Waals surface area (Å²) in [6, 6.07) is 8.99. The molecule has 0 saturated heterocycles. The Hall–Kier alpha value is -2.21. The first-order chi connectivity index (χ1) is 9.65. The number of amides is 1. The van der Waals surface area contributed by atoms with Gasteiger partial charge in [-0.05, 0) is 30.3 Å². The lowest BCUT2D eigenvalue weighted by molar-refractivity contribution is 0.0992. The molecule has 1 amide bonds. The fourth-order valence-electron chi connectivity index (χ4n) is 1.94. The lowest BCUT2D eigenvalue weighted by Gasteiger charge is -2.16. The zero-order chi connectivity index (χ0) is 14.1. The van der Waals surface area contributed by atoms with E-state index < -0.39 is 0 Å². The molecule has 2 aromatic heterocycles. The number of hydrogen-bond acceptors (Lipinski definition) is 3. The smallest absolute Gasteiger partial charge is 0.259 e. The Bertz CT molecular complexity index is 783. The molecule has 1 aromatic carbocycles. The molecule has 0 fully saturated rings. The van der Waals surface area contributed by atoms with Crippen LogP contribution in [0.25, 0.3) is 11.0 Å². The minimum Gasteiger partial charge on any atom is -0.345 e. The van der Waals surface area contributed by atoms with Crippen LogP contribution in [-0.2, 0) is 0 Å². The Morgan fingerprint density at radius 2 is 2.10 bits per heavy atom. The van der Waals surface area contributed by atoms with Gasteiger partial charge in [-0.2, -0.15) is 0 Å². The van der Waals surface area contributed by atoms with Gasteiger partial charge in [-0.25, -0.2) is 9.97 Å². The maximum atomic E-state index is 12.5. The zero-order valence-corrected chi connectivity index (χ0v) is 12.3. The van der Waals surface area contributed by atoms with Crippen molar-refractivity contribution in [3.8, 4) is 0 Å². The number of hydrogen-bond donors (Lipinski definition) is 1. The number of rotatable bonds is 2. The third kappa shape index (κ3) is 2.30. The summed E-state index contributed by atoms with van der Waals surface area (Å²) in [7, 11) is 1.70. The molecular formula is C14H11BrN4O. The molecule has 0 atom stereocenters. The molecular weight excluding hydrogens is 320 g/mol. The molecule has 0 saturated carbocycles. The van der Waals surface area contributed by atoms with Gasteiger partial charge < -0.3 is 4.98 Å². The molecule has 2 heterocycles. The summed E-state index contributed by atoms with van der Waals surface area (Å²) in [5.74, 6) is 0.473. The normalized spacial score (nSPS) is 10.7. The topological polar surface area (TPSA) is 61.9 Å². The van der Waals surface area contributed by atoms with E-state index >= 15 is 0 Å². The summed E-state index contributed by atoms with van der Waals surface area (Å²) in [6.07, 6.45) is 3.26. The van der Waals surface area contributed by atoms with Crippen LogP contribution in [0.3, 0.4) is 0 Å². The quantitative estimate of drug-likeness (QED) is 0.785. The summed E-state index contributed by atoms with van der Waals surface area (Å²) in [5.41, 5.74) is 2.27. The molecule has 0 aliphatic carbocycles. The number of carbonyl (C=O) groups excluding carboxylic acids is 1. The summed E-state index contributed by atoms with van der Waals surface area (Å²) >= 11 is 3.37. The van der Waals surface area contributed by atoms with Crippen molar-refractivity contribution in [3.05, 3.63) is 52.9 Å². The molecule has 0 spiro atoms. The number of imidazole rings is 1. The van der Waals surface area contributed by atoms with Gasteiger partial charge >= 0.3 is 0 Å². The van der Waals surface area contributed by atoms with Crippen molar-refractivity contribution in [2.45, 2.75) is 0 Å². The van der Waals surface area contributed by atoms with Crippen molar-refractivity contribution in [2.75, 3.05) is 11.9 Å². The fraction of sp³-hybridized carbons (Fsp3) is 0.0714. The molecule has 20 heavy (non-hydrogen) atoms. The Balaban J connectivity index is 1.94. The van der Waals surface area contributed by atoms with Gasteiger partial charge in [0.1, 0.15) is 5.82 Å². The van der Waals surface area contributed by atoms with E-state index in [-0.39, 0.29) is 5.91 Å². The molecule has 0 aliphatic rings. The summed E-state index contributed by atoms with van der Waals surface area (Å²) < 4.78 is 0.881. The average Bonchev–Trinajstić information content (AvgIpc) is 2.93. The van der Waals surface area contributed by atoms with Crippen molar-refractivity contribution in [1.82, 2.24) is 15.0 Å². The highest BCUT2D eigenvalue weighted by Gasteiger charge is 2.15. The number of anilines is 1. The van der Waals surface area contributed by atoms with Gasteiger partial charge in [-0.1, -0.05) is 15.9 Å². The number of benzene rings is 1. The number of aromatic nitrogens is 3. The Kier molecular flexibility index (Phi) is 3.23. The molecule has 5 nitrogen and oxygen atoms in total. The standard InChI is InChI=1S/C14H11BrN4O/c1-19(13-7-10(15)4-5-16-13)14(20)9-2-3-11-12(6-9)18-8-17-11/h2-8H,1H3,(H,17,18). The van der Waals surface area contributed by atoms with Gasteiger partial charge in [-0.3, -0.25) is 9.69 Å². The van der Waals surface area contributed by atoms with Crippen LogP contribution < -0.4 is 4.90 Å². The lowest BCUT2D eigenvalue weighted by atomic mass is 10.2. The molecule has 0 unspecified atom stereocenters. The second-order valence-electron chi connectivity index (χ2n) is 4.33. The lowest BCUT2D eigenvalue weighted by Crippen LogP contribution is -2.27. The maximum Gasteiger partial charge on any atom is 0.259 e. The van der Waals surface area contributed by atoms with E-state index in [2.05, 4.69) is 30.9 Å². The minimum absolute atomic E-state index is 0.118. The van der Waals surface area contributed by atoms with Crippen LogP contribution in [0.4, 0.5) is 5.82 Å². The first-order valence-corrected chi connectivity index (χ1v) is 6.77. The first kappa shape index (κ1) is 12.8. The van der Waals surface area contributed by atoms with Crippen molar-refractivity contribution in [1.29, 1.82) is 0 Å². The highest BCUT2D eigenvalue weighted by atomic mass is 79.9. The molecule has 100 valence electrons. The van der Waals surface area contributed by atoms with Crippen molar-refractivity contribution >= 4 is 38.7 Å². The van der Waals surface area contributed by atoms with Crippen molar-refractivity contribution in [3.63, 3.8) is 0 Å². The number of fused-ring (bicyclic) bond motifs is 1. The van der Waals surface area contributed by atoms with Gasteiger partial charge in [0, 0.05) is 23.3 Å². The van der Waals surface area contributed by atoms with Gasteiger partial charge in [-0.15, -0.1) is 0 Å². The van der Waals surface area contributed by atoms with Crippen LogP contribution in [0.5, 0.6) is 0 Å². The highest BCUT2D eigenvalue weighted by Crippen LogP contribution is 2.19. The predicted octanol–water partition coefficient (Wildman–Crippen LogP) is 3.00. The number of aromatic amines is 1. The van der Waals surface area contributed by atoms with E-state index in [0.29, 0.717) is 11.4 Å². The Labute approximate surface area is 123 Å². The molecule has 0 bridgehead atoms. The van der Waals surface area contributed by atoms with E-state index in [0.717, 1.165) is 15.5 Å². The van der Waals surface area contributed by atoms with E-state index in [9.17, 15) is 4.79 Å². The molecule has 1 N–H and O–H groups in total. The van der Waals surface area contributed by atoms with E-state index in [4.69, 9.17) is 0 Å². The second kappa shape index (κ2) is 5.05. The number of carbonyl (C=O) groups is 1. The Morgan fingerprint density at radius 1 is 1.25 bits per heavy atom. The number of H-pyrrole nitrogens is 1. The van der Waals surface area contributed by atoms with E-state index in [1.165, 1.54) is 4.90 Å². The van der Waals surface area contributed by atoms with Crippen LogP contribution in [0.1, 0.15) is 10.4 Å². The molecule has 3 aromatic rings. The van der Waals surface area contributed by atoms with Crippen molar-refractivity contribution in [2.24, 2.45) is 0 Å². The zero-order valence-electron chi connectivity index (χ0n) is 10.7. The highest BCUT2D eigenvalue weighted by molar-refractivity contribution is 9.10. The van der Waals surface area contributed by atoms with Gasteiger partial charge in [0.25, 0.3) is 5.91 Å². The number of nitrogens with zero attached hydrogens (tertiary/aromatic N) is 3. The van der Waals surface area contributed by atoms with Gasteiger partial charge in [0.2, 0.25) is 0 Å². The molecule has 6 heteroatoms. The summed E-state index contributed by atoms with van der Waals surface area (Å²) in [6.45, 7) is 0. The van der Waals surface area contributed by atoms with E-state index in [1.54, 1.807) is 37.8 Å². The SMILES string of the molecule is CN(C(=O)c1ccc2nc[nH]c2c1)c1cc(Br)ccn1. The van der Waals surface area contributed by atoms with Crippen LogP contribution in [0, 0.1) is 0 Å². The van der Waals surface area contributed by atoms with Crippen molar-refractivity contribution < 1.29 is 4.79 Å². The average molecular weight is 331 g/mol. The first-order valence-electron chi connectivity index (χ1n) is 5.98. The van der Waals surface area contributed by atoms with E-state index in [1.807, 2.05) is 12.1 Å². The molecule has 3 rings (SSSR count). The second-order valence-corrected chi connectivity index (χ2v) is 5.25.